The van der Waals surface area contributed by atoms with Crippen LogP contribution in [0.15, 0.2) is 48.7 Å². The zero-order valence-corrected chi connectivity index (χ0v) is 26.8. The van der Waals surface area contributed by atoms with Gasteiger partial charge < -0.3 is 14.0 Å². The van der Waals surface area contributed by atoms with E-state index in [1.807, 2.05) is 6.20 Å². The van der Waals surface area contributed by atoms with E-state index in [1.165, 1.54) is 36.5 Å². The number of aromatic nitrogens is 3. The average Bonchev–Trinajstić information content (AvgIpc) is 3.61. The first-order valence-electron chi connectivity index (χ1n) is 15.2. The molecule has 0 amide bonds. The molecule has 2 fully saturated rings. The first kappa shape index (κ1) is 28.6. The van der Waals surface area contributed by atoms with Gasteiger partial charge in [-0.1, -0.05) is 62.8 Å². The number of hydrogen-bond donors (Lipinski definition) is 0. The lowest BCUT2D eigenvalue weighted by molar-refractivity contribution is 0.00578. The van der Waals surface area contributed by atoms with Gasteiger partial charge in [-0.2, -0.15) is 0 Å². The fourth-order valence-electron chi connectivity index (χ4n) is 5.91. The van der Waals surface area contributed by atoms with E-state index in [2.05, 4.69) is 94.4 Å². The van der Waals surface area contributed by atoms with Crippen LogP contribution in [0.25, 0.3) is 33.1 Å². The van der Waals surface area contributed by atoms with Gasteiger partial charge in [0.2, 0.25) is 0 Å². The van der Waals surface area contributed by atoms with Crippen molar-refractivity contribution in [3.05, 3.63) is 54.5 Å². The molecule has 41 heavy (non-hydrogen) atoms. The molecule has 1 aliphatic heterocycles. The van der Waals surface area contributed by atoms with E-state index in [9.17, 15) is 0 Å². The number of benzene rings is 2. The Hall–Kier alpha value is -2.52. The standard InChI is InChI=1S/C33H44BN3O3Si/c1-32(2)33(3,4)40-34(39-32)28-15-14-24-18-25(12-13-26(24)19-28)27-20-29-31(35-21-27)37(22-38-16-17-41(5,6)7)30(36-29)23-10-8-9-11-23/h12-15,18-21,23H,8-11,16-17,22H2,1-7H3. The second-order valence-electron chi connectivity index (χ2n) is 14.2. The zero-order chi connectivity index (χ0) is 29.0. The Morgan fingerprint density at radius 2 is 1.61 bits per heavy atom. The van der Waals surface area contributed by atoms with Crippen LogP contribution in [0.3, 0.4) is 0 Å². The van der Waals surface area contributed by atoms with Crippen LogP contribution >= 0.6 is 0 Å². The van der Waals surface area contributed by atoms with Gasteiger partial charge in [0.05, 0.1) is 11.2 Å². The van der Waals surface area contributed by atoms with Crippen molar-refractivity contribution in [1.29, 1.82) is 0 Å². The van der Waals surface area contributed by atoms with Crippen LogP contribution in [0.5, 0.6) is 0 Å². The number of fused-ring (bicyclic) bond motifs is 2. The van der Waals surface area contributed by atoms with Gasteiger partial charge in [0, 0.05) is 32.4 Å². The van der Waals surface area contributed by atoms with Crippen molar-refractivity contribution < 1.29 is 14.0 Å². The van der Waals surface area contributed by atoms with E-state index < -0.39 is 8.07 Å². The predicted molar refractivity (Wildman–Crippen MR) is 171 cm³/mol. The third-order valence-electron chi connectivity index (χ3n) is 9.27. The Bertz CT molecular complexity index is 1550. The number of nitrogens with zero attached hydrogens (tertiary/aromatic N) is 3. The van der Waals surface area contributed by atoms with Gasteiger partial charge in [0.25, 0.3) is 0 Å². The molecule has 0 spiro atoms. The number of imidazole rings is 1. The van der Waals surface area contributed by atoms with Crippen LogP contribution in [0, 0.1) is 0 Å². The summed E-state index contributed by atoms with van der Waals surface area (Å²) in [5.41, 5.74) is 4.44. The lowest BCUT2D eigenvalue weighted by atomic mass is 9.78. The third kappa shape index (κ3) is 5.76. The van der Waals surface area contributed by atoms with Crippen molar-refractivity contribution in [1.82, 2.24) is 14.5 Å². The molecule has 1 aliphatic carbocycles. The molecular weight excluding hydrogens is 525 g/mol. The van der Waals surface area contributed by atoms with Gasteiger partial charge in [-0.15, -0.1) is 0 Å². The maximum absolute atomic E-state index is 6.28. The minimum absolute atomic E-state index is 0.354. The molecule has 0 unspecified atom stereocenters. The van der Waals surface area contributed by atoms with Crippen molar-refractivity contribution in [2.24, 2.45) is 0 Å². The van der Waals surface area contributed by atoms with Crippen LogP contribution in [0.4, 0.5) is 0 Å². The summed E-state index contributed by atoms with van der Waals surface area (Å²) in [6.45, 7) is 16.9. The van der Waals surface area contributed by atoms with E-state index in [1.54, 1.807) is 0 Å². The summed E-state index contributed by atoms with van der Waals surface area (Å²) in [5, 5.41) is 2.34. The van der Waals surface area contributed by atoms with Crippen LogP contribution in [0.1, 0.15) is 65.1 Å². The number of hydrogen-bond acceptors (Lipinski definition) is 5. The van der Waals surface area contributed by atoms with E-state index >= 15 is 0 Å². The predicted octanol–water partition coefficient (Wildman–Crippen LogP) is 7.52. The van der Waals surface area contributed by atoms with Gasteiger partial charge in [-0.05, 0) is 80.5 Å². The fourth-order valence-corrected chi connectivity index (χ4v) is 6.67. The molecule has 0 radical (unpaired) electrons. The van der Waals surface area contributed by atoms with Gasteiger partial charge >= 0.3 is 7.12 Å². The molecule has 0 atom stereocenters. The Kier molecular flexibility index (Phi) is 7.42. The highest BCUT2D eigenvalue weighted by Crippen LogP contribution is 2.38. The normalized spacial score (nSPS) is 19.1. The monoisotopic (exact) mass is 569 g/mol. The minimum atomic E-state index is -1.14. The molecule has 3 heterocycles. The van der Waals surface area contributed by atoms with Crippen molar-refractivity contribution in [3.63, 3.8) is 0 Å². The SMILES string of the molecule is CC1(C)OB(c2ccc3cc(-c4cnc5c(c4)nc(C4CCCC4)n5COCC[Si](C)(C)C)ccc3c2)OC1(C)C. The summed E-state index contributed by atoms with van der Waals surface area (Å²) in [6.07, 6.45) is 6.93. The molecule has 1 saturated carbocycles. The summed E-state index contributed by atoms with van der Waals surface area (Å²) < 4.78 is 21.0. The van der Waals surface area contributed by atoms with Crippen LogP contribution in [-0.2, 0) is 20.8 Å². The Balaban J connectivity index is 1.27. The molecule has 2 aromatic carbocycles. The highest BCUT2D eigenvalue weighted by Gasteiger charge is 2.51. The lowest BCUT2D eigenvalue weighted by Crippen LogP contribution is -2.41. The third-order valence-corrected chi connectivity index (χ3v) is 11.0. The molecule has 6 rings (SSSR count). The highest BCUT2D eigenvalue weighted by atomic mass is 28.3. The number of pyridine rings is 1. The van der Waals surface area contributed by atoms with E-state index in [0.29, 0.717) is 12.6 Å². The van der Waals surface area contributed by atoms with Gasteiger partial charge in [-0.3, -0.25) is 4.57 Å². The first-order chi connectivity index (χ1) is 19.4. The molecule has 0 N–H and O–H groups in total. The topological polar surface area (TPSA) is 58.4 Å². The summed E-state index contributed by atoms with van der Waals surface area (Å²) in [5.74, 6) is 1.64. The van der Waals surface area contributed by atoms with Crippen LogP contribution in [-0.4, -0.2) is 47.5 Å². The Morgan fingerprint density at radius 3 is 2.32 bits per heavy atom. The molecule has 8 heteroatoms. The van der Waals surface area contributed by atoms with Crippen molar-refractivity contribution >= 4 is 42.6 Å². The second-order valence-corrected chi connectivity index (χ2v) is 19.8. The Morgan fingerprint density at radius 1 is 0.927 bits per heavy atom. The zero-order valence-electron chi connectivity index (χ0n) is 25.8. The van der Waals surface area contributed by atoms with E-state index in [0.717, 1.165) is 46.2 Å². The molecule has 2 aliphatic rings. The summed E-state index contributed by atoms with van der Waals surface area (Å²) in [6, 6.07) is 16.4. The van der Waals surface area contributed by atoms with Crippen molar-refractivity contribution in [3.8, 4) is 11.1 Å². The van der Waals surface area contributed by atoms with Crippen molar-refractivity contribution in [2.45, 2.75) is 103 Å². The fraction of sp³-hybridized carbons (Fsp3) is 0.515. The lowest BCUT2D eigenvalue weighted by Gasteiger charge is -2.32. The van der Waals surface area contributed by atoms with Gasteiger partial charge in [0.15, 0.2) is 5.65 Å². The molecule has 4 aromatic rings. The quantitative estimate of drug-likeness (QED) is 0.162. The molecular formula is C33H44BN3O3Si. The molecule has 6 nitrogen and oxygen atoms in total. The van der Waals surface area contributed by atoms with Crippen molar-refractivity contribution in [2.75, 3.05) is 6.61 Å². The second kappa shape index (κ2) is 10.6. The average molecular weight is 570 g/mol. The van der Waals surface area contributed by atoms with Crippen LogP contribution < -0.4 is 5.46 Å². The summed E-state index contributed by atoms with van der Waals surface area (Å²) in [4.78, 5) is 10.1. The largest absolute Gasteiger partial charge is 0.494 e. The summed E-state index contributed by atoms with van der Waals surface area (Å²) in [7, 11) is -1.50. The highest BCUT2D eigenvalue weighted by molar-refractivity contribution is 6.76. The van der Waals surface area contributed by atoms with E-state index in [4.69, 9.17) is 24.0 Å². The molecule has 216 valence electrons. The maximum Gasteiger partial charge on any atom is 0.494 e. The maximum atomic E-state index is 6.28. The molecule has 1 saturated heterocycles. The van der Waals surface area contributed by atoms with E-state index in [-0.39, 0.29) is 18.3 Å². The molecule has 2 aromatic heterocycles. The first-order valence-corrected chi connectivity index (χ1v) is 18.9. The number of rotatable bonds is 8. The summed E-state index contributed by atoms with van der Waals surface area (Å²) >= 11 is 0. The Labute approximate surface area is 246 Å². The van der Waals surface area contributed by atoms with Crippen LogP contribution in [0.2, 0.25) is 25.7 Å². The van der Waals surface area contributed by atoms with Gasteiger partial charge in [-0.25, -0.2) is 9.97 Å². The number of ether oxygens (including phenoxy) is 1. The minimum Gasteiger partial charge on any atom is -0.399 e. The van der Waals surface area contributed by atoms with Gasteiger partial charge in [0.1, 0.15) is 18.1 Å². The smallest absolute Gasteiger partial charge is 0.399 e. The molecule has 0 bridgehead atoms.